The van der Waals surface area contributed by atoms with E-state index in [1.54, 1.807) is 19.2 Å². The average Bonchev–Trinajstić information content (AvgIpc) is 2.26. The molecule has 0 aliphatic rings. The Kier molecular flexibility index (Phi) is 4.72. The molecular formula is C12H18FNO. The van der Waals surface area contributed by atoms with E-state index in [9.17, 15) is 4.39 Å². The molecule has 1 N–H and O–H groups in total. The fourth-order valence-corrected chi connectivity index (χ4v) is 1.30. The van der Waals surface area contributed by atoms with Crippen molar-refractivity contribution in [2.45, 2.75) is 26.0 Å². The van der Waals surface area contributed by atoms with Gasteiger partial charge in [0.15, 0.2) is 0 Å². The number of rotatable bonds is 5. The minimum absolute atomic E-state index is 0.188. The summed E-state index contributed by atoms with van der Waals surface area (Å²) in [6.45, 7) is 4.84. The Morgan fingerprint density at radius 1 is 1.27 bits per heavy atom. The van der Waals surface area contributed by atoms with Crippen LogP contribution in [0.2, 0.25) is 0 Å². The Morgan fingerprint density at radius 2 is 1.87 bits per heavy atom. The normalized spacial score (nSPS) is 14.9. The molecule has 0 heterocycles. The third-order valence-electron chi connectivity index (χ3n) is 2.48. The molecule has 3 heteroatoms. The molecule has 0 bridgehead atoms. The molecular weight excluding hydrogens is 193 g/mol. The number of benzene rings is 1. The van der Waals surface area contributed by atoms with Gasteiger partial charge in [0, 0.05) is 19.7 Å². The van der Waals surface area contributed by atoms with E-state index in [4.69, 9.17) is 4.74 Å². The maximum absolute atomic E-state index is 12.7. The van der Waals surface area contributed by atoms with Gasteiger partial charge in [0.25, 0.3) is 0 Å². The van der Waals surface area contributed by atoms with Crippen LogP contribution in [0.4, 0.5) is 4.39 Å². The minimum atomic E-state index is -0.198. The molecule has 2 nitrogen and oxygen atoms in total. The second-order valence-electron chi connectivity index (χ2n) is 3.73. The largest absolute Gasteiger partial charge is 0.380 e. The molecule has 0 fully saturated rings. The summed E-state index contributed by atoms with van der Waals surface area (Å²) in [6, 6.07) is 6.76. The number of ether oxygens (including phenoxy) is 1. The van der Waals surface area contributed by atoms with Crippen LogP contribution >= 0.6 is 0 Å². The topological polar surface area (TPSA) is 21.3 Å². The maximum atomic E-state index is 12.7. The molecule has 0 saturated carbocycles. The number of methoxy groups -OCH3 is 1. The first-order chi connectivity index (χ1) is 7.13. The van der Waals surface area contributed by atoms with Crippen molar-refractivity contribution >= 4 is 0 Å². The highest BCUT2D eigenvalue weighted by atomic mass is 19.1. The van der Waals surface area contributed by atoms with Crippen LogP contribution in [0, 0.1) is 5.82 Å². The zero-order valence-electron chi connectivity index (χ0n) is 9.46. The van der Waals surface area contributed by atoms with Crippen LogP contribution in [0.25, 0.3) is 0 Å². The molecule has 1 aromatic rings. The van der Waals surface area contributed by atoms with Crippen LogP contribution < -0.4 is 5.32 Å². The Bertz CT molecular complexity index is 286. The molecule has 0 spiro atoms. The van der Waals surface area contributed by atoms with Crippen LogP contribution in [0.5, 0.6) is 0 Å². The van der Waals surface area contributed by atoms with Gasteiger partial charge in [-0.05, 0) is 31.5 Å². The molecule has 0 saturated heterocycles. The zero-order chi connectivity index (χ0) is 11.3. The Balaban J connectivity index is 2.46. The van der Waals surface area contributed by atoms with Crippen molar-refractivity contribution in [3.8, 4) is 0 Å². The molecule has 1 aromatic carbocycles. The molecule has 0 radical (unpaired) electrons. The lowest BCUT2D eigenvalue weighted by Crippen LogP contribution is -2.28. The number of hydrogen-bond donors (Lipinski definition) is 1. The third kappa shape index (κ3) is 3.98. The highest BCUT2D eigenvalue weighted by Gasteiger charge is 2.06. The predicted octanol–water partition coefficient (Wildman–Crippen LogP) is 2.51. The van der Waals surface area contributed by atoms with E-state index in [2.05, 4.69) is 12.2 Å². The molecule has 2 atom stereocenters. The van der Waals surface area contributed by atoms with Crippen LogP contribution in [0.15, 0.2) is 24.3 Å². The first-order valence-corrected chi connectivity index (χ1v) is 5.15. The first-order valence-electron chi connectivity index (χ1n) is 5.15. The van der Waals surface area contributed by atoms with E-state index in [1.165, 1.54) is 12.1 Å². The first kappa shape index (κ1) is 12.1. The van der Waals surface area contributed by atoms with Crippen LogP contribution in [-0.4, -0.2) is 19.8 Å². The average molecular weight is 211 g/mol. The van der Waals surface area contributed by atoms with Gasteiger partial charge in [-0.15, -0.1) is 0 Å². The van der Waals surface area contributed by atoms with Crippen LogP contribution in [0.1, 0.15) is 25.5 Å². The summed E-state index contributed by atoms with van der Waals surface area (Å²) in [7, 11) is 1.69. The summed E-state index contributed by atoms with van der Waals surface area (Å²) in [5, 5.41) is 3.32. The molecule has 1 rings (SSSR count). The van der Waals surface area contributed by atoms with Gasteiger partial charge in [-0.2, -0.15) is 0 Å². The van der Waals surface area contributed by atoms with E-state index in [0.29, 0.717) is 0 Å². The van der Waals surface area contributed by atoms with Crippen molar-refractivity contribution in [1.29, 1.82) is 0 Å². The molecule has 84 valence electrons. The number of nitrogens with one attached hydrogen (secondary N) is 1. The monoisotopic (exact) mass is 211 g/mol. The van der Waals surface area contributed by atoms with Crippen molar-refractivity contribution in [3.05, 3.63) is 35.6 Å². The fourth-order valence-electron chi connectivity index (χ4n) is 1.30. The molecule has 0 amide bonds. The molecule has 0 aliphatic carbocycles. The second kappa shape index (κ2) is 5.83. The van der Waals surface area contributed by atoms with E-state index < -0.39 is 0 Å². The van der Waals surface area contributed by atoms with Gasteiger partial charge in [-0.1, -0.05) is 12.1 Å². The highest BCUT2D eigenvalue weighted by molar-refractivity contribution is 5.19. The van der Waals surface area contributed by atoms with Gasteiger partial charge >= 0.3 is 0 Å². The van der Waals surface area contributed by atoms with Gasteiger partial charge in [0.2, 0.25) is 0 Å². The van der Waals surface area contributed by atoms with E-state index >= 15 is 0 Å². The lowest BCUT2D eigenvalue weighted by Gasteiger charge is -2.17. The zero-order valence-corrected chi connectivity index (χ0v) is 9.46. The van der Waals surface area contributed by atoms with Gasteiger partial charge in [-0.25, -0.2) is 4.39 Å². The lowest BCUT2D eigenvalue weighted by molar-refractivity contribution is 0.115. The quantitative estimate of drug-likeness (QED) is 0.808. The summed E-state index contributed by atoms with van der Waals surface area (Å²) < 4.78 is 17.8. The molecule has 2 unspecified atom stereocenters. The fraction of sp³-hybridized carbons (Fsp3) is 0.500. The smallest absolute Gasteiger partial charge is 0.123 e. The summed E-state index contributed by atoms with van der Waals surface area (Å²) in [5.41, 5.74) is 1.08. The van der Waals surface area contributed by atoms with E-state index in [0.717, 1.165) is 12.1 Å². The molecule has 0 aliphatic heterocycles. The summed E-state index contributed by atoms with van der Waals surface area (Å²) in [5.74, 6) is -0.198. The number of hydrogen-bond acceptors (Lipinski definition) is 2. The maximum Gasteiger partial charge on any atom is 0.123 e. The van der Waals surface area contributed by atoms with E-state index in [1.807, 2.05) is 6.92 Å². The Labute approximate surface area is 90.4 Å². The van der Waals surface area contributed by atoms with Crippen molar-refractivity contribution < 1.29 is 9.13 Å². The SMILES string of the molecule is COC(C)CNC(C)c1ccc(F)cc1. The van der Waals surface area contributed by atoms with Crippen molar-refractivity contribution in [2.24, 2.45) is 0 Å². The van der Waals surface area contributed by atoms with Crippen molar-refractivity contribution in [1.82, 2.24) is 5.32 Å². The van der Waals surface area contributed by atoms with Gasteiger partial charge in [0.05, 0.1) is 6.10 Å². The lowest BCUT2D eigenvalue weighted by atomic mass is 10.1. The van der Waals surface area contributed by atoms with E-state index in [-0.39, 0.29) is 18.0 Å². The Morgan fingerprint density at radius 3 is 2.40 bits per heavy atom. The molecule has 0 aromatic heterocycles. The number of halogens is 1. The summed E-state index contributed by atoms with van der Waals surface area (Å²) in [6.07, 6.45) is 0.188. The third-order valence-corrected chi connectivity index (χ3v) is 2.48. The molecule has 15 heavy (non-hydrogen) atoms. The second-order valence-corrected chi connectivity index (χ2v) is 3.73. The van der Waals surface area contributed by atoms with Crippen molar-refractivity contribution in [3.63, 3.8) is 0 Å². The standard InChI is InChI=1S/C12H18FNO/c1-9(15-3)8-14-10(2)11-4-6-12(13)7-5-11/h4-7,9-10,14H,8H2,1-3H3. The summed E-state index contributed by atoms with van der Waals surface area (Å²) >= 11 is 0. The van der Waals surface area contributed by atoms with Gasteiger partial charge < -0.3 is 10.1 Å². The summed E-state index contributed by atoms with van der Waals surface area (Å²) in [4.78, 5) is 0. The Hall–Kier alpha value is -0.930. The van der Waals surface area contributed by atoms with Crippen LogP contribution in [0.3, 0.4) is 0 Å². The minimum Gasteiger partial charge on any atom is -0.380 e. The predicted molar refractivity (Wildman–Crippen MR) is 59.3 cm³/mol. The van der Waals surface area contributed by atoms with Gasteiger partial charge in [0.1, 0.15) is 5.82 Å². The van der Waals surface area contributed by atoms with Crippen molar-refractivity contribution in [2.75, 3.05) is 13.7 Å². The van der Waals surface area contributed by atoms with Gasteiger partial charge in [-0.3, -0.25) is 0 Å². The van der Waals surface area contributed by atoms with Crippen LogP contribution in [-0.2, 0) is 4.74 Å². The highest BCUT2D eigenvalue weighted by Crippen LogP contribution is 2.12.